The third-order valence-electron chi connectivity index (χ3n) is 4.47. The minimum Gasteiger partial charge on any atom is -0.324 e. The van der Waals surface area contributed by atoms with Gasteiger partial charge in [-0.2, -0.15) is 0 Å². The lowest BCUT2D eigenvalue weighted by Gasteiger charge is -2.21. The van der Waals surface area contributed by atoms with E-state index in [1.165, 1.54) is 5.56 Å². The molecule has 0 aliphatic carbocycles. The van der Waals surface area contributed by atoms with Crippen LogP contribution in [0.15, 0.2) is 42.9 Å². The topological polar surface area (TPSA) is 61.4 Å². The lowest BCUT2D eigenvalue weighted by atomic mass is 10.1. The van der Waals surface area contributed by atoms with Gasteiger partial charge < -0.3 is 15.1 Å². The molecule has 1 aliphatic rings. The van der Waals surface area contributed by atoms with Crippen LogP contribution in [0, 0.1) is 12.8 Å². The first-order chi connectivity index (χ1) is 12.1. The Morgan fingerprint density at radius 1 is 1.40 bits per heavy atom. The molecule has 132 valence electrons. The minimum atomic E-state index is -0.0250. The highest BCUT2D eigenvalue weighted by atomic mass is 16.2. The Balaban J connectivity index is 1.47. The van der Waals surface area contributed by atoms with Crippen LogP contribution in [-0.4, -0.2) is 52.5 Å². The number of hydrogen-bond acceptors (Lipinski definition) is 4. The minimum absolute atomic E-state index is 0.0250. The van der Waals surface area contributed by atoms with E-state index in [4.69, 9.17) is 0 Å². The van der Waals surface area contributed by atoms with Gasteiger partial charge in [0.2, 0.25) is 0 Å². The van der Waals surface area contributed by atoms with Gasteiger partial charge in [0.15, 0.2) is 0 Å². The third kappa shape index (κ3) is 5.00. The van der Waals surface area contributed by atoms with Crippen molar-refractivity contribution in [1.29, 1.82) is 0 Å². The fraction of sp³-hybridized carbons (Fsp3) is 0.421. The summed E-state index contributed by atoms with van der Waals surface area (Å²) in [6, 6.07) is 7.73. The number of likely N-dealkylation sites (tertiary alicyclic amines) is 1. The van der Waals surface area contributed by atoms with Gasteiger partial charge in [-0.3, -0.25) is 9.97 Å². The highest BCUT2D eigenvalue weighted by Crippen LogP contribution is 2.19. The van der Waals surface area contributed by atoms with Crippen molar-refractivity contribution in [2.24, 2.45) is 5.92 Å². The second-order valence-electron chi connectivity index (χ2n) is 6.77. The molecule has 1 atom stereocenters. The Morgan fingerprint density at radius 2 is 2.28 bits per heavy atom. The van der Waals surface area contributed by atoms with Gasteiger partial charge >= 0.3 is 6.03 Å². The summed E-state index contributed by atoms with van der Waals surface area (Å²) in [6.45, 7) is 5.38. The van der Waals surface area contributed by atoms with E-state index in [2.05, 4.69) is 33.3 Å². The van der Waals surface area contributed by atoms with Gasteiger partial charge in [0, 0.05) is 56.2 Å². The first-order valence-corrected chi connectivity index (χ1v) is 8.66. The van der Waals surface area contributed by atoms with Crippen LogP contribution < -0.4 is 5.32 Å². The van der Waals surface area contributed by atoms with E-state index in [1.54, 1.807) is 12.4 Å². The van der Waals surface area contributed by atoms with Crippen molar-refractivity contribution in [3.05, 3.63) is 54.1 Å². The second-order valence-corrected chi connectivity index (χ2v) is 6.77. The third-order valence-corrected chi connectivity index (χ3v) is 4.47. The van der Waals surface area contributed by atoms with Crippen LogP contribution >= 0.6 is 0 Å². The van der Waals surface area contributed by atoms with Gasteiger partial charge in [-0.15, -0.1) is 0 Å². The van der Waals surface area contributed by atoms with Crippen molar-refractivity contribution in [3.63, 3.8) is 0 Å². The van der Waals surface area contributed by atoms with Crippen molar-refractivity contribution in [3.8, 4) is 0 Å². The molecular formula is C19H25N5O. The fourth-order valence-electron chi connectivity index (χ4n) is 3.30. The monoisotopic (exact) mass is 339 g/mol. The van der Waals surface area contributed by atoms with E-state index >= 15 is 0 Å². The molecule has 6 heteroatoms. The molecule has 1 saturated heterocycles. The van der Waals surface area contributed by atoms with Crippen molar-refractivity contribution in [2.75, 3.05) is 32.0 Å². The first-order valence-electron chi connectivity index (χ1n) is 8.66. The predicted octanol–water partition coefficient (Wildman–Crippen LogP) is 2.77. The van der Waals surface area contributed by atoms with E-state index in [-0.39, 0.29) is 6.03 Å². The number of pyridine rings is 2. The summed E-state index contributed by atoms with van der Waals surface area (Å²) in [5, 5.41) is 2.96. The van der Waals surface area contributed by atoms with E-state index in [1.807, 2.05) is 36.2 Å². The number of nitrogens with zero attached hydrogens (tertiary/aromatic N) is 4. The van der Waals surface area contributed by atoms with E-state index in [0.717, 1.165) is 44.0 Å². The Labute approximate surface area is 148 Å². The predicted molar refractivity (Wildman–Crippen MR) is 98.2 cm³/mol. The van der Waals surface area contributed by atoms with Crippen LogP contribution in [0.4, 0.5) is 10.5 Å². The molecule has 2 aromatic heterocycles. The molecule has 6 nitrogen and oxygen atoms in total. The molecule has 0 spiro atoms. The number of hydrogen-bond donors (Lipinski definition) is 1. The number of anilines is 1. The van der Waals surface area contributed by atoms with Crippen LogP contribution in [0.1, 0.15) is 17.7 Å². The quantitative estimate of drug-likeness (QED) is 0.910. The summed E-state index contributed by atoms with van der Waals surface area (Å²) in [4.78, 5) is 24.9. The van der Waals surface area contributed by atoms with Crippen molar-refractivity contribution in [2.45, 2.75) is 19.9 Å². The normalized spacial score (nSPS) is 17.1. The smallest absolute Gasteiger partial charge is 0.321 e. The summed E-state index contributed by atoms with van der Waals surface area (Å²) in [7, 11) is 2.12. The zero-order valence-corrected chi connectivity index (χ0v) is 14.9. The lowest BCUT2D eigenvalue weighted by Crippen LogP contribution is -2.34. The SMILES string of the molecule is Cc1cc(NC(=O)N2CCC(CN(C)Cc3cccnc3)C2)ccn1. The largest absolute Gasteiger partial charge is 0.324 e. The Bertz CT molecular complexity index is 706. The number of carbonyl (C=O) groups is 1. The summed E-state index contributed by atoms with van der Waals surface area (Å²) < 4.78 is 0. The molecule has 1 unspecified atom stereocenters. The Morgan fingerprint density at radius 3 is 3.04 bits per heavy atom. The molecule has 0 saturated carbocycles. The molecular weight excluding hydrogens is 314 g/mol. The fourth-order valence-corrected chi connectivity index (χ4v) is 3.30. The average Bonchev–Trinajstić information content (AvgIpc) is 3.04. The molecule has 3 rings (SSSR count). The Kier molecular flexibility index (Phi) is 5.60. The molecule has 1 aliphatic heterocycles. The lowest BCUT2D eigenvalue weighted by molar-refractivity contribution is 0.216. The summed E-state index contributed by atoms with van der Waals surface area (Å²) in [5.41, 5.74) is 2.91. The van der Waals surface area contributed by atoms with Gasteiger partial charge in [0.1, 0.15) is 0 Å². The van der Waals surface area contributed by atoms with Gasteiger partial charge in [-0.05, 0) is 50.1 Å². The van der Waals surface area contributed by atoms with E-state index < -0.39 is 0 Å². The van der Waals surface area contributed by atoms with Crippen LogP contribution in [0.2, 0.25) is 0 Å². The Hall–Kier alpha value is -2.47. The molecule has 0 radical (unpaired) electrons. The maximum atomic E-state index is 12.4. The number of amides is 2. The molecule has 0 aromatic carbocycles. The number of aryl methyl sites for hydroxylation is 1. The van der Waals surface area contributed by atoms with Crippen LogP contribution in [-0.2, 0) is 6.54 Å². The number of rotatable bonds is 5. The number of aromatic nitrogens is 2. The molecule has 2 amide bonds. The van der Waals surface area contributed by atoms with Gasteiger partial charge in [-0.25, -0.2) is 4.79 Å². The van der Waals surface area contributed by atoms with Crippen molar-refractivity contribution in [1.82, 2.24) is 19.8 Å². The maximum absolute atomic E-state index is 12.4. The molecule has 0 bridgehead atoms. The van der Waals surface area contributed by atoms with Crippen LogP contribution in [0.25, 0.3) is 0 Å². The zero-order valence-electron chi connectivity index (χ0n) is 14.9. The molecule has 2 aromatic rings. The molecule has 3 heterocycles. The molecule has 1 N–H and O–H groups in total. The summed E-state index contributed by atoms with van der Waals surface area (Å²) >= 11 is 0. The zero-order chi connectivity index (χ0) is 17.6. The van der Waals surface area contributed by atoms with Crippen LogP contribution in [0.3, 0.4) is 0 Å². The van der Waals surface area contributed by atoms with Crippen molar-refractivity contribution >= 4 is 11.7 Å². The van der Waals surface area contributed by atoms with E-state index in [9.17, 15) is 4.79 Å². The second kappa shape index (κ2) is 8.07. The number of urea groups is 1. The first kappa shape index (κ1) is 17.4. The van der Waals surface area contributed by atoms with Gasteiger partial charge in [0.25, 0.3) is 0 Å². The number of carbonyl (C=O) groups excluding carboxylic acids is 1. The average molecular weight is 339 g/mol. The highest BCUT2D eigenvalue weighted by molar-refractivity contribution is 5.89. The van der Waals surface area contributed by atoms with E-state index in [0.29, 0.717) is 5.92 Å². The summed E-state index contributed by atoms with van der Waals surface area (Å²) in [5.74, 6) is 0.506. The molecule has 25 heavy (non-hydrogen) atoms. The van der Waals surface area contributed by atoms with Gasteiger partial charge in [-0.1, -0.05) is 6.07 Å². The van der Waals surface area contributed by atoms with Crippen molar-refractivity contribution < 1.29 is 4.79 Å². The van der Waals surface area contributed by atoms with Gasteiger partial charge in [0.05, 0.1) is 0 Å². The van der Waals surface area contributed by atoms with Crippen LogP contribution in [0.5, 0.6) is 0 Å². The summed E-state index contributed by atoms with van der Waals surface area (Å²) in [6.07, 6.45) is 6.45. The maximum Gasteiger partial charge on any atom is 0.321 e. The highest BCUT2D eigenvalue weighted by Gasteiger charge is 2.27. The molecule has 1 fully saturated rings. The standard InChI is InChI=1S/C19H25N5O/c1-15-10-18(5-8-21-15)22-19(25)24-9-6-17(14-24)13-23(2)12-16-4-3-7-20-11-16/h3-5,7-8,10-11,17H,6,9,12-14H2,1-2H3,(H,21,22,25). The number of nitrogens with one attached hydrogen (secondary N) is 1.